The number of carbonyl (C=O) groups is 1. The highest BCUT2D eigenvalue weighted by molar-refractivity contribution is 6.01. The van der Waals surface area contributed by atoms with Gasteiger partial charge in [0.15, 0.2) is 22.9 Å². The van der Waals surface area contributed by atoms with Crippen LogP contribution in [0.1, 0.15) is 27.7 Å². The molecule has 4 rings (SSSR count). The quantitative estimate of drug-likeness (QED) is 0.550. The minimum absolute atomic E-state index is 0.00329. The van der Waals surface area contributed by atoms with Gasteiger partial charge in [-0.15, -0.1) is 0 Å². The van der Waals surface area contributed by atoms with Crippen LogP contribution in [-0.4, -0.2) is 28.2 Å². The Morgan fingerprint density at radius 2 is 1.58 bits per heavy atom. The smallest absolute Gasteiger partial charge is 0.340 e. The van der Waals surface area contributed by atoms with Gasteiger partial charge in [0.1, 0.15) is 11.0 Å². The SMILES string of the molecule is COC(=O)c1cccc2oc(C)nc12.Cc1nc2c(CO)cccc2o1. The van der Waals surface area contributed by atoms with Crippen LogP contribution in [0.3, 0.4) is 0 Å². The summed E-state index contributed by atoms with van der Waals surface area (Å²) in [6.45, 7) is 3.53. The molecule has 1 N–H and O–H groups in total. The third-order valence-corrected chi connectivity index (χ3v) is 3.71. The van der Waals surface area contributed by atoms with Crippen LogP contribution in [0.2, 0.25) is 0 Å². The van der Waals surface area contributed by atoms with E-state index >= 15 is 0 Å². The fraction of sp³-hybridized carbons (Fsp3) is 0.211. The number of aliphatic hydroxyl groups is 1. The van der Waals surface area contributed by atoms with E-state index in [2.05, 4.69) is 14.7 Å². The van der Waals surface area contributed by atoms with Gasteiger partial charge in [0.2, 0.25) is 0 Å². The summed E-state index contributed by atoms with van der Waals surface area (Å²) in [5.41, 5.74) is 3.89. The van der Waals surface area contributed by atoms with Crippen LogP contribution < -0.4 is 0 Å². The van der Waals surface area contributed by atoms with E-state index in [-0.39, 0.29) is 6.61 Å². The number of oxazole rings is 2. The molecule has 0 aliphatic carbocycles. The van der Waals surface area contributed by atoms with Crippen molar-refractivity contribution in [2.24, 2.45) is 0 Å². The minimum atomic E-state index is -0.399. The number of hydrogen-bond acceptors (Lipinski definition) is 7. The Morgan fingerprint density at radius 3 is 2.19 bits per heavy atom. The number of benzene rings is 2. The van der Waals surface area contributed by atoms with Crippen LogP contribution in [0.5, 0.6) is 0 Å². The number of aryl methyl sites for hydroxylation is 2. The van der Waals surface area contributed by atoms with Gasteiger partial charge in [-0.05, 0) is 18.2 Å². The minimum Gasteiger partial charge on any atom is -0.465 e. The molecule has 7 heteroatoms. The van der Waals surface area contributed by atoms with Gasteiger partial charge in [-0.1, -0.05) is 18.2 Å². The zero-order valence-electron chi connectivity index (χ0n) is 14.6. The van der Waals surface area contributed by atoms with E-state index in [0.717, 1.165) is 16.7 Å². The highest BCUT2D eigenvalue weighted by Crippen LogP contribution is 2.20. The summed E-state index contributed by atoms with van der Waals surface area (Å²) in [5, 5.41) is 8.96. The van der Waals surface area contributed by atoms with Gasteiger partial charge < -0.3 is 18.7 Å². The van der Waals surface area contributed by atoms with Crippen molar-refractivity contribution in [2.75, 3.05) is 7.11 Å². The monoisotopic (exact) mass is 354 g/mol. The third kappa shape index (κ3) is 3.43. The van der Waals surface area contributed by atoms with Crippen LogP contribution in [0.15, 0.2) is 45.2 Å². The van der Waals surface area contributed by atoms with Crippen molar-refractivity contribution in [3.8, 4) is 0 Å². The first-order chi connectivity index (χ1) is 12.5. The van der Waals surface area contributed by atoms with E-state index in [0.29, 0.717) is 28.4 Å². The lowest BCUT2D eigenvalue weighted by Gasteiger charge is -1.97. The number of carbonyl (C=O) groups excluding carboxylic acids is 1. The predicted octanol–water partition coefficient (Wildman–Crippen LogP) is 3.55. The van der Waals surface area contributed by atoms with Gasteiger partial charge >= 0.3 is 5.97 Å². The lowest BCUT2D eigenvalue weighted by molar-refractivity contribution is 0.0602. The Labute approximate surface area is 149 Å². The number of aromatic nitrogens is 2. The lowest BCUT2D eigenvalue weighted by atomic mass is 10.2. The van der Waals surface area contributed by atoms with Crippen LogP contribution >= 0.6 is 0 Å². The second kappa shape index (κ2) is 7.37. The summed E-state index contributed by atoms with van der Waals surface area (Å²) in [7, 11) is 1.34. The number of fused-ring (bicyclic) bond motifs is 2. The van der Waals surface area contributed by atoms with Crippen LogP contribution in [-0.2, 0) is 11.3 Å². The summed E-state index contributed by atoms with van der Waals surface area (Å²) >= 11 is 0. The number of ether oxygens (including phenoxy) is 1. The number of methoxy groups -OCH3 is 1. The van der Waals surface area contributed by atoms with Crippen LogP contribution in [0.25, 0.3) is 22.2 Å². The summed E-state index contributed by atoms with van der Waals surface area (Å²) in [6.07, 6.45) is 0. The number of aliphatic hydroxyl groups excluding tert-OH is 1. The molecule has 0 atom stereocenters. The van der Waals surface area contributed by atoms with Crippen LogP contribution in [0, 0.1) is 13.8 Å². The molecule has 0 aliphatic heterocycles. The molecule has 134 valence electrons. The predicted molar refractivity (Wildman–Crippen MR) is 94.8 cm³/mol. The molecule has 0 radical (unpaired) electrons. The van der Waals surface area contributed by atoms with E-state index in [9.17, 15) is 4.79 Å². The van der Waals surface area contributed by atoms with Crippen molar-refractivity contribution in [1.82, 2.24) is 9.97 Å². The maximum Gasteiger partial charge on any atom is 0.340 e. The van der Waals surface area contributed by atoms with E-state index in [1.807, 2.05) is 18.2 Å². The summed E-state index contributed by atoms with van der Waals surface area (Å²) in [4.78, 5) is 19.6. The molecule has 0 bridgehead atoms. The van der Waals surface area contributed by atoms with E-state index in [4.69, 9.17) is 13.9 Å². The first-order valence-electron chi connectivity index (χ1n) is 7.94. The fourth-order valence-electron chi connectivity index (χ4n) is 2.58. The average molecular weight is 354 g/mol. The van der Waals surface area contributed by atoms with Crippen molar-refractivity contribution in [3.63, 3.8) is 0 Å². The molecule has 2 aromatic carbocycles. The second-order valence-corrected chi connectivity index (χ2v) is 5.53. The second-order valence-electron chi connectivity index (χ2n) is 5.53. The highest BCUT2D eigenvalue weighted by Gasteiger charge is 2.13. The molecule has 0 fully saturated rings. The fourth-order valence-corrected chi connectivity index (χ4v) is 2.58. The number of nitrogens with zero attached hydrogens (tertiary/aromatic N) is 2. The van der Waals surface area contributed by atoms with E-state index in [1.165, 1.54) is 7.11 Å². The summed E-state index contributed by atoms with van der Waals surface area (Å²) in [6, 6.07) is 10.7. The van der Waals surface area contributed by atoms with Gasteiger partial charge in [-0.25, -0.2) is 14.8 Å². The Morgan fingerprint density at radius 1 is 1.00 bits per heavy atom. The maximum atomic E-state index is 11.3. The zero-order chi connectivity index (χ0) is 18.7. The van der Waals surface area contributed by atoms with Crippen molar-refractivity contribution >= 4 is 28.2 Å². The molecular formula is C19H18N2O5. The van der Waals surface area contributed by atoms with Gasteiger partial charge in [0.05, 0.1) is 19.3 Å². The maximum absolute atomic E-state index is 11.3. The Kier molecular flexibility index (Phi) is 4.99. The first kappa shape index (κ1) is 17.6. The Balaban J connectivity index is 0.000000152. The molecule has 0 aliphatic rings. The molecule has 2 aromatic heterocycles. The van der Waals surface area contributed by atoms with Crippen LogP contribution in [0.4, 0.5) is 0 Å². The number of rotatable bonds is 2. The number of esters is 1. The Hall–Kier alpha value is -3.19. The average Bonchev–Trinajstić information content (AvgIpc) is 3.21. The van der Waals surface area contributed by atoms with Crippen molar-refractivity contribution in [3.05, 3.63) is 59.3 Å². The lowest BCUT2D eigenvalue weighted by Crippen LogP contribution is -2.01. The normalized spacial score (nSPS) is 10.6. The van der Waals surface area contributed by atoms with Crippen molar-refractivity contribution in [2.45, 2.75) is 20.5 Å². The standard InChI is InChI=1S/C10H9NO3.C9H9NO2/c1-6-11-9-7(10(12)13-2)4-3-5-8(9)14-6;1-6-10-9-7(5-11)3-2-4-8(9)12-6/h3-5H,1-2H3;2-4,11H,5H2,1H3. The summed E-state index contributed by atoms with van der Waals surface area (Å²) < 4.78 is 15.2. The van der Waals surface area contributed by atoms with E-state index < -0.39 is 5.97 Å². The molecule has 0 saturated heterocycles. The van der Waals surface area contributed by atoms with Gasteiger partial charge in [0, 0.05) is 19.4 Å². The van der Waals surface area contributed by atoms with Gasteiger partial charge in [0.25, 0.3) is 0 Å². The highest BCUT2D eigenvalue weighted by atomic mass is 16.5. The van der Waals surface area contributed by atoms with Gasteiger partial charge in [-0.3, -0.25) is 0 Å². The van der Waals surface area contributed by atoms with Crippen molar-refractivity contribution < 1.29 is 23.5 Å². The molecule has 0 unspecified atom stereocenters. The van der Waals surface area contributed by atoms with E-state index in [1.54, 1.807) is 32.0 Å². The molecule has 4 aromatic rings. The molecule has 26 heavy (non-hydrogen) atoms. The topological polar surface area (TPSA) is 98.6 Å². The third-order valence-electron chi connectivity index (χ3n) is 3.71. The zero-order valence-corrected chi connectivity index (χ0v) is 14.6. The molecule has 2 heterocycles. The summed E-state index contributed by atoms with van der Waals surface area (Å²) in [5.74, 6) is 0.770. The van der Waals surface area contributed by atoms with Gasteiger partial charge in [-0.2, -0.15) is 0 Å². The molecule has 0 spiro atoms. The molecular weight excluding hydrogens is 336 g/mol. The molecule has 0 saturated carbocycles. The molecule has 7 nitrogen and oxygen atoms in total. The van der Waals surface area contributed by atoms with Crippen molar-refractivity contribution in [1.29, 1.82) is 0 Å². The Bertz CT molecular complexity index is 1060. The molecule has 0 amide bonds. The largest absolute Gasteiger partial charge is 0.465 e. The number of para-hydroxylation sites is 2. The number of hydrogen-bond donors (Lipinski definition) is 1. The first-order valence-corrected chi connectivity index (χ1v) is 7.94.